The molecule has 2 aliphatic rings. The average molecular weight is 491 g/mol. The Morgan fingerprint density at radius 1 is 1.00 bits per heavy atom. The second kappa shape index (κ2) is 10.4. The highest BCUT2D eigenvalue weighted by atomic mass is 16.5. The van der Waals surface area contributed by atoms with E-state index >= 15 is 0 Å². The summed E-state index contributed by atoms with van der Waals surface area (Å²) in [7, 11) is 0. The first-order chi connectivity index (χ1) is 17.5. The molecule has 0 unspecified atom stereocenters. The van der Waals surface area contributed by atoms with E-state index in [1.54, 1.807) is 4.90 Å². The summed E-state index contributed by atoms with van der Waals surface area (Å²) in [6, 6.07) is 11.0. The largest absolute Gasteiger partial charge is 0.494 e. The van der Waals surface area contributed by atoms with Gasteiger partial charge in [0.2, 0.25) is 5.76 Å². The lowest BCUT2D eigenvalue weighted by Gasteiger charge is -2.29. The Morgan fingerprint density at radius 3 is 2.44 bits per heavy atom. The quantitative estimate of drug-likeness (QED) is 0.464. The number of aryl methyl sites for hydroxylation is 2. The topological polar surface area (TPSA) is 72.2 Å². The molecule has 36 heavy (non-hydrogen) atoms. The van der Waals surface area contributed by atoms with Crippen LogP contribution < -0.4 is 10.2 Å². The molecule has 0 saturated carbocycles. The Bertz CT molecular complexity index is 1310. The standard InChI is InChI=1S/C29H34N2O5/c1-4-14-35-22-8-6-21(7-9-22)26-25-27(32)23-17-19(2)20(3)18-24(23)36-28(25)29(33)31(26)11-5-10-30-12-15-34-16-13-30/h6-9,17-18,26H,4-5,10-16H2,1-3H3/t26-/m0/s1. The van der Waals surface area contributed by atoms with E-state index in [1.807, 2.05) is 50.2 Å². The lowest BCUT2D eigenvalue weighted by atomic mass is 9.97. The van der Waals surface area contributed by atoms with Crippen molar-refractivity contribution in [1.29, 1.82) is 0 Å². The van der Waals surface area contributed by atoms with Crippen molar-refractivity contribution in [2.45, 2.75) is 39.7 Å². The molecule has 0 N–H and O–H groups in total. The van der Waals surface area contributed by atoms with Crippen molar-refractivity contribution in [3.63, 3.8) is 0 Å². The van der Waals surface area contributed by atoms with Crippen LogP contribution in [0.25, 0.3) is 11.0 Å². The number of morpholine rings is 1. The van der Waals surface area contributed by atoms with E-state index in [9.17, 15) is 9.59 Å². The monoisotopic (exact) mass is 490 g/mol. The van der Waals surface area contributed by atoms with Crippen LogP contribution in [0, 0.1) is 13.8 Å². The third-order valence-corrected chi connectivity index (χ3v) is 7.23. The normalized spacial score (nSPS) is 18.1. The molecule has 0 spiro atoms. The maximum Gasteiger partial charge on any atom is 0.290 e. The summed E-state index contributed by atoms with van der Waals surface area (Å²) in [6.07, 6.45) is 1.73. The number of nitrogens with zero attached hydrogens (tertiary/aromatic N) is 2. The van der Waals surface area contributed by atoms with Gasteiger partial charge in [0.05, 0.1) is 36.8 Å². The summed E-state index contributed by atoms with van der Waals surface area (Å²) in [5, 5.41) is 0.521. The summed E-state index contributed by atoms with van der Waals surface area (Å²) in [5.41, 5.74) is 3.70. The number of benzene rings is 2. The van der Waals surface area contributed by atoms with E-state index in [0.717, 1.165) is 68.1 Å². The summed E-state index contributed by atoms with van der Waals surface area (Å²) in [5.74, 6) is 0.722. The molecule has 2 aliphatic heterocycles. The van der Waals surface area contributed by atoms with Crippen LogP contribution in [0.4, 0.5) is 0 Å². The van der Waals surface area contributed by atoms with Crippen LogP contribution in [0.1, 0.15) is 58.6 Å². The maximum atomic E-state index is 13.8. The highest BCUT2D eigenvalue weighted by Gasteiger charge is 2.42. The van der Waals surface area contributed by atoms with Crippen LogP contribution in [0.3, 0.4) is 0 Å². The zero-order valence-corrected chi connectivity index (χ0v) is 21.3. The average Bonchev–Trinajstić information content (AvgIpc) is 3.17. The summed E-state index contributed by atoms with van der Waals surface area (Å²) in [6.45, 7) is 11.4. The lowest BCUT2D eigenvalue weighted by molar-refractivity contribution is 0.0353. The Morgan fingerprint density at radius 2 is 1.72 bits per heavy atom. The molecule has 2 aromatic carbocycles. The predicted octanol–water partition coefficient (Wildman–Crippen LogP) is 4.47. The highest BCUT2D eigenvalue weighted by Crippen LogP contribution is 2.39. The Hall–Kier alpha value is -3.16. The third-order valence-electron chi connectivity index (χ3n) is 7.23. The molecule has 7 nitrogen and oxygen atoms in total. The molecule has 0 radical (unpaired) electrons. The van der Waals surface area contributed by atoms with Crippen molar-refractivity contribution in [3.05, 3.63) is 74.6 Å². The molecular formula is C29H34N2O5. The predicted molar refractivity (Wildman–Crippen MR) is 139 cm³/mol. The number of carbonyl (C=O) groups excluding carboxylic acids is 1. The van der Waals surface area contributed by atoms with Crippen LogP contribution in [-0.2, 0) is 4.74 Å². The Kier molecular flexibility index (Phi) is 7.12. The molecule has 3 aromatic rings. The van der Waals surface area contributed by atoms with E-state index in [1.165, 1.54) is 0 Å². The molecule has 190 valence electrons. The number of amides is 1. The Labute approximate surface area is 211 Å². The zero-order chi connectivity index (χ0) is 25.2. The molecule has 1 aromatic heterocycles. The summed E-state index contributed by atoms with van der Waals surface area (Å²) < 4.78 is 17.3. The minimum Gasteiger partial charge on any atom is -0.494 e. The highest BCUT2D eigenvalue weighted by molar-refractivity contribution is 5.99. The van der Waals surface area contributed by atoms with E-state index in [0.29, 0.717) is 29.7 Å². The first-order valence-corrected chi connectivity index (χ1v) is 12.9. The van der Waals surface area contributed by atoms with Crippen molar-refractivity contribution in [2.24, 2.45) is 0 Å². The van der Waals surface area contributed by atoms with Gasteiger partial charge in [-0.05, 0) is 67.6 Å². The van der Waals surface area contributed by atoms with Crippen molar-refractivity contribution < 1.29 is 18.7 Å². The van der Waals surface area contributed by atoms with Crippen molar-refractivity contribution in [3.8, 4) is 5.75 Å². The molecule has 1 amide bonds. The van der Waals surface area contributed by atoms with Gasteiger partial charge in [0.1, 0.15) is 11.3 Å². The number of ether oxygens (including phenoxy) is 2. The third kappa shape index (κ3) is 4.65. The first-order valence-electron chi connectivity index (χ1n) is 12.9. The molecule has 5 rings (SSSR count). The summed E-state index contributed by atoms with van der Waals surface area (Å²) in [4.78, 5) is 31.6. The maximum absolute atomic E-state index is 13.8. The van der Waals surface area contributed by atoms with Gasteiger partial charge in [0.15, 0.2) is 5.43 Å². The number of rotatable bonds is 8. The van der Waals surface area contributed by atoms with E-state index in [4.69, 9.17) is 13.9 Å². The Balaban J connectivity index is 1.52. The molecule has 0 bridgehead atoms. The fourth-order valence-corrected chi connectivity index (χ4v) is 5.11. The van der Waals surface area contributed by atoms with Gasteiger partial charge in [-0.2, -0.15) is 0 Å². The van der Waals surface area contributed by atoms with Gasteiger partial charge in [0, 0.05) is 26.2 Å². The summed E-state index contributed by atoms with van der Waals surface area (Å²) >= 11 is 0. The molecular weight excluding hydrogens is 456 g/mol. The molecule has 3 heterocycles. The van der Waals surface area contributed by atoms with Crippen molar-refractivity contribution >= 4 is 16.9 Å². The zero-order valence-electron chi connectivity index (χ0n) is 21.3. The van der Waals surface area contributed by atoms with Gasteiger partial charge >= 0.3 is 0 Å². The van der Waals surface area contributed by atoms with E-state index in [-0.39, 0.29) is 17.1 Å². The van der Waals surface area contributed by atoms with Crippen LogP contribution in [0.5, 0.6) is 5.75 Å². The molecule has 1 atom stereocenters. The van der Waals surface area contributed by atoms with Gasteiger partial charge in [-0.1, -0.05) is 19.1 Å². The van der Waals surface area contributed by atoms with Crippen LogP contribution in [0.15, 0.2) is 45.6 Å². The van der Waals surface area contributed by atoms with E-state index < -0.39 is 6.04 Å². The fraction of sp³-hybridized carbons (Fsp3) is 0.448. The van der Waals surface area contributed by atoms with Gasteiger partial charge in [-0.25, -0.2) is 0 Å². The first kappa shape index (κ1) is 24.5. The van der Waals surface area contributed by atoms with Crippen LogP contribution in [-0.4, -0.2) is 61.7 Å². The smallest absolute Gasteiger partial charge is 0.290 e. The fourth-order valence-electron chi connectivity index (χ4n) is 5.11. The van der Waals surface area contributed by atoms with Gasteiger partial charge in [-0.15, -0.1) is 0 Å². The molecule has 7 heteroatoms. The molecule has 1 saturated heterocycles. The minimum atomic E-state index is -0.486. The minimum absolute atomic E-state index is 0.130. The number of hydrogen-bond acceptors (Lipinski definition) is 6. The number of fused-ring (bicyclic) bond motifs is 2. The van der Waals surface area contributed by atoms with Crippen molar-refractivity contribution in [1.82, 2.24) is 9.80 Å². The number of hydrogen-bond donors (Lipinski definition) is 0. The van der Waals surface area contributed by atoms with Gasteiger partial charge in [0.25, 0.3) is 5.91 Å². The van der Waals surface area contributed by atoms with Crippen LogP contribution in [0.2, 0.25) is 0 Å². The van der Waals surface area contributed by atoms with Gasteiger partial charge in [-0.3, -0.25) is 14.5 Å². The lowest BCUT2D eigenvalue weighted by Crippen LogP contribution is -2.38. The molecule has 1 fully saturated rings. The second-order valence-corrected chi connectivity index (χ2v) is 9.73. The van der Waals surface area contributed by atoms with Crippen LogP contribution >= 0.6 is 0 Å². The SMILES string of the molecule is CCCOc1ccc([C@H]2c3c(oc4cc(C)c(C)cc4c3=O)C(=O)N2CCCN2CCOCC2)cc1. The van der Waals surface area contributed by atoms with Gasteiger partial charge < -0.3 is 18.8 Å². The van der Waals surface area contributed by atoms with E-state index in [2.05, 4.69) is 11.8 Å². The number of carbonyl (C=O) groups is 1. The second-order valence-electron chi connectivity index (χ2n) is 9.73. The van der Waals surface area contributed by atoms with Crippen molar-refractivity contribution in [2.75, 3.05) is 46.0 Å². The molecule has 0 aliphatic carbocycles.